The van der Waals surface area contributed by atoms with Crippen LogP contribution in [0.25, 0.3) is 0 Å². The van der Waals surface area contributed by atoms with Gasteiger partial charge in [-0.15, -0.1) is 0 Å². The third-order valence-corrected chi connectivity index (χ3v) is 4.35. The summed E-state index contributed by atoms with van der Waals surface area (Å²) in [7, 11) is 1.80. The molecule has 1 aliphatic rings. The fraction of sp³-hybridized carbons (Fsp3) is 0.300. The standard InChI is InChI=1S/C20H23N3O3/c1-15-6-3-4-7-18(15)26-14-19(24)21-16-8-10-17(11-9-16)23-13-5-12-22(2)20(23)25/h3-4,6-11H,5,12-14H2,1-2H3,(H,21,24). The number of urea groups is 1. The van der Waals surface area contributed by atoms with Gasteiger partial charge < -0.3 is 15.0 Å². The first-order valence-corrected chi connectivity index (χ1v) is 8.65. The number of carbonyl (C=O) groups excluding carboxylic acids is 2. The summed E-state index contributed by atoms with van der Waals surface area (Å²) in [6, 6.07) is 14.8. The van der Waals surface area contributed by atoms with Crippen molar-refractivity contribution in [3.63, 3.8) is 0 Å². The number of hydrogen-bond acceptors (Lipinski definition) is 3. The van der Waals surface area contributed by atoms with Crippen LogP contribution in [0.3, 0.4) is 0 Å². The average molecular weight is 353 g/mol. The minimum atomic E-state index is -0.227. The number of rotatable bonds is 5. The summed E-state index contributed by atoms with van der Waals surface area (Å²) < 4.78 is 5.55. The molecule has 0 atom stereocenters. The molecular weight excluding hydrogens is 330 g/mol. The predicted molar refractivity (Wildman–Crippen MR) is 102 cm³/mol. The number of nitrogens with one attached hydrogen (secondary N) is 1. The van der Waals surface area contributed by atoms with Crippen LogP contribution < -0.4 is 15.0 Å². The molecule has 3 rings (SSSR count). The van der Waals surface area contributed by atoms with Gasteiger partial charge in [0.1, 0.15) is 5.75 Å². The summed E-state index contributed by atoms with van der Waals surface area (Å²) >= 11 is 0. The van der Waals surface area contributed by atoms with E-state index in [4.69, 9.17) is 4.74 Å². The van der Waals surface area contributed by atoms with Gasteiger partial charge in [-0.25, -0.2) is 4.79 Å². The van der Waals surface area contributed by atoms with Crippen molar-refractivity contribution in [1.82, 2.24) is 4.90 Å². The molecule has 0 bridgehead atoms. The smallest absolute Gasteiger partial charge is 0.324 e. The minimum Gasteiger partial charge on any atom is -0.483 e. The van der Waals surface area contributed by atoms with Gasteiger partial charge in [-0.05, 0) is 49.2 Å². The van der Waals surface area contributed by atoms with Crippen molar-refractivity contribution in [2.75, 3.05) is 37.0 Å². The first-order valence-electron chi connectivity index (χ1n) is 8.65. The Hall–Kier alpha value is -3.02. The lowest BCUT2D eigenvalue weighted by Gasteiger charge is -2.33. The molecule has 0 aromatic heterocycles. The van der Waals surface area contributed by atoms with Crippen LogP contribution in [-0.4, -0.2) is 43.6 Å². The average Bonchev–Trinajstić information content (AvgIpc) is 2.64. The van der Waals surface area contributed by atoms with Crippen LogP contribution in [0.2, 0.25) is 0 Å². The van der Waals surface area contributed by atoms with Crippen LogP contribution in [0, 0.1) is 6.92 Å². The Balaban J connectivity index is 1.56. The highest BCUT2D eigenvalue weighted by Gasteiger charge is 2.23. The van der Waals surface area contributed by atoms with Crippen LogP contribution >= 0.6 is 0 Å². The summed E-state index contributed by atoms with van der Waals surface area (Å²) in [6.07, 6.45) is 0.941. The molecule has 0 aliphatic carbocycles. The Kier molecular flexibility index (Phi) is 5.41. The van der Waals surface area contributed by atoms with Crippen LogP contribution in [-0.2, 0) is 4.79 Å². The predicted octanol–water partition coefficient (Wildman–Crippen LogP) is 3.27. The molecule has 136 valence electrons. The van der Waals surface area contributed by atoms with Gasteiger partial charge in [0, 0.05) is 31.5 Å². The molecule has 6 heteroatoms. The van der Waals surface area contributed by atoms with Crippen molar-refractivity contribution in [2.24, 2.45) is 0 Å². The number of benzene rings is 2. The second kappa shape index (κ2) is 7.91. The maximum atomic E-state index is 12.2. The van der Waals surface area contributed by atoms with E-state index in [0.717, 1.165) is 24.2 Å². The summed E-state index contributed by atoms with van der Waals surface area (Å²) in [4.78, 5) is 27.7. The molecule has 26 heavy (non-hydrogen) atoms. The first-order chi connectivity index (χ1) is 12.5. The molecule has 1 N–H and O–H groups in total. The van der Waals surface area contributed by atoms with Gasteiger partial charge in [-0.3, -0.25) is 9.69 Å². The quantitative estimate of drug-likeness (QED) is 0.897. The summed E-state index contributed by atoms with van der Waals surface area (Å²) in [6.45, 7) is 3.37. The fourth-order valence-corrected chi connectivity index (χ4v) is 2.89. The Morgan fingerprint density at radius 2 is 1.85 bits per heavy atom. The number of hydrogen-bond donors (Lipinski definition) is 1. The highest BCUT2D eigenvalue weighted by Crippen LogP contribution is 2.22. The molecule has 0 saturated carbocycles. The van der Waals surface area contributed by atoms with E-state index in [1.54, 1.807) is 29.0 Å². The third-order valence-electron chi connectivity index (χ3n) is 4.35. The monoisotopic (exact) mass is 353 g/mol. The lowest BCUT2D eigenvalue weighted by Crippen LogP contribution is -2.47. The number of anilines is 2. The summed E-state index contributed by atoms with van der Waals surface area (Å²) in [5.74, 6) is 0.473. The van der Waals surface area contributed by atoms with Gasteiger partial charge in [0.05, 0.1) is 0 Å². The van der Waals surface area contributed by atoms with Crippen molar-refractivity contribution < 1.29 is 14.3 Å². The number of aryl methyl sites for hydroxylation is 1. The second-order valence-corrected chi connectivity index (χ2v) is 6.36. The van der Waals surface area contributed by atoms with E-state index in [-0.39, 0.29) is 18.5 Å². The van der Waals surface area contributed by atoms with Gasteiger partial charge >= 0.3 is 6.03 Å². The van der Waals surface area contributed by atoms with E-state index in [1.807, 2.05) is 43.3 Å². The van der Waals surface area contributed by atoms with E-state index in [9.17, 15) is 9.59 Å². The largest absolute Gasteiger partial charge is 0.483 e. The van der Waals surface area contributed by atoms with Crippen molar-refractivity contribution in [3.05, 3.63) is 54.1 Å². The molecule has 2 aromatic carbocycles. The Morgan fingerprint density at radius 1 is 1.12 bits per heavy atom. The number of ether oxygens (including phenoxy) is 1. The topological polar surface area (TPSA) is 61.9 Å². The van der Waals surface area contributed by atoms with Crippen LogP contribution in [0.1, 0.15) is 12.0 Å². The van der Waals surface area contributed by atoms with Gasteiger partial charge in [0.2, 0.25) is 0 Å². The SMILES string of the molecule is Cc1ccccc1OCC(=O)Nc1ccc(N2CCCN(C)C2=O)cc1. The Labute approximate surface area is 153 Å². The molecule has 3 amide bonds. The van der Waals surface area contributed by atoms with Crippen LogP contribution in [0.4, 0.5) is 16.2 Å². The van der Waals surface area contributed by atoms with E-state index in [1.165, 1.54) is 0 Å². The molecule has 1 aliphatic heterocycles. The number of carbonyl (C=O) groups is 2. The van der Waals surface area contributed by atoms with E-state index >= 15 is 0 Å². The van der Waals surface area contributed by atoms with Gasteiger partial charge in [-0.2, -0.15) is 0 Å². The van der Waals surface area contributed by atoms with Crippen molar-refractivity contribution in [2.45, 2.75) is 13.3 Å². The Bertz CT molecular complexity index is 789. The second-order valence-electron chi connectivity index (χ2n) is 6.36. The van der Waals surface area contributed by atoms with E-state index in [0.29, 0.717) is 18.0 Å². The lowest BCUT2D eigenvalue weighted by molar-refractivity contribution is -0.118. The zero-order valence-corrected chi connectivity index (χ0v) is 15.1. The van der Waals surface area contributed by atoms with Crippen molar-refractivity contribution in [1.29, 1.82) is 0 Å². The molecule has 0 unspecified atom stereocenters. The van der Waals surface area contributed by atoms with Crippen molar-refractivity contribution >= 4 is 23.3 Å². The zero-order valence-electron chi connectivity index (χ0n) is 15.1. The molecule has 1 fully saturated rings. The van der Waals surface area contributed by atoms with Gasteiger partial charge in [0.25, 0.3) is 5.91 Å². The minimum absolute atomic E-state index is 0.000309. The fourth-order valence-electron chi connectivity index (χ4n) is 2.89. The number of nitrogens with zero attached hydrogens (tertiary/aromatic N) is 2. The lowest BCUT2D eigenvalue weighted by atomic mass is 10.2. The Morgan fingerprint density at radius 3 is 2.58 bits per heavy atom. The van der Waals surface area contributed by atoms with E-state index in [2.05, 4.69) is 5.32 Å². The molecular formula is C20H23N3O3. The molecule has 6 nitrogen and oxygen atoms in total. The number of para-hydroxylation sites is 1. The summed E-state index contributed by atoms with van der Waals surface area (Å²) in [5, 5.41) is 2.80. The summed E-state index contributed by atoms with van der Waals surface area (Å²) in [5.41, 5.74) is 2.49. The number of amides is 3. The van der Waals surface area contributed by atoms with Crippen LogP contribution in [0.15, 0.2) is 48.5 Å². The van der Waals surface area contributed by atoms with Gasteiger partial charge in [-0.1, -0.05) is 18.2 Å². The molecule has 1 saturated heterocycles. The van der Waals surface area contributed by atoms with Crippen molar-refractivity contribution in [3.8, 4) is 5.75 Å². The molecule has 1 heterocycles. The van der Waals surface area contributed by atoms with E-state index < -0.39 is 0 Å². The third kappa shape index (κ3) is 4.14. The molecule has 0 radical (unpaired) electrons. The zero-order chi connectivity index (χ0) is 18.5. The maximum Gasteiger partial charge on any atom is 0.324 e. The highest BCUT2D eigenvalue weighted by atomic mass is 16.5. The van der Waals surface area contributed by atoms with Crippen LogP contribution in [0.5, 0.6) is 5.75 Å². The first kappa shape index (κ1) is 17.8. The molecule has 0 spiro atoms. The highest BCUT2D eigenvalue weighted by molar-refractivity contribution is 5.94. The molecule has 2 aromatic rings. The van der Waals surface area contributed by atoms with Gasteiger partial charge in [0.15, 0.2) is 6.61 Å². The maximum absolute atomic E-state index is 12.2. The normalized spacial score (nSPS) is 14.3.